The summed E-state index contributed by atoms with van der Waals surface area (Å²) < 4.78 is 30.2. The van der Waals surface area contributed by atoms with Gasteiger partial charge in [-0.25, -0.2) is 4.39 Å². The normalized spacial score (nSPS) is 11.0. The molecule has 2 N–H and O–H groups in total. The minimum absolute atomic E-state index is 0. The molecule has 298 valence electrons. The summed E-state index contributed by atoms with van der Waals surface area (Å²) in [5, 5.41) is 34.3. The molecule has 0 aliphatic rings. The Bertz CT molecular complexity index is 1730. The fraction of sp³-hybridized carbons (Fsp3) is 0.333. The SMILES string of the molecule is C.C.C.CC(C)c1nnc(-c2[c-]cc(F)cc2)n1-c1ccccc1.CC(C)c1nnc(-c2ccc(F)cc2)n1-c1ccccc1.CC(O)CC(C)O.[Ir].[Ir]. The summed E-state index contributed by atoms with van der Waals surface area (Å²) in [7, 11) is 0. The van der Waals surface area contributed by atoms with Gasteiger partial charge in [-0.1, -0.05) is 86.4 Å². The third-order valence-electron chi connectivity index (χ3n) is 7.24. The van der Waals surface area contributed by atoms with Crippen molar-refractivity contribution < 1.29 is 59.2 Å². The number of para-hydroxylation sites is 2. The molecular weight excluding hydrogens is 1040 g/mol. The third-order valence-corrected chi connectivity index (χ3v) is 7.24. The minimum atomic E-state index is -0.375. The van der Waals surface area contributed by atoms with Gasteiger partial charge in [0, 0.05) is 74.8 Å². The van der Waals surface area contributed by atoms with Gasteiger partial charge >= 0.3 is 0 Å². The molecular formula is C42H55F2Ir2N6O2-. The Kier molecular flexibility index (Phi) is 24.6. The van der Waals surface area contributed by atoms with E-state index >= 15 is 0 Å². The van der Waals surface area contributed by atoms with E-state index in [-0.39, 0.29) is 98.2 Å². The van der Waals surface area contributed by atoms with Crippen LogP contribution in [-0.2, 0) is 40.2 Å². The number of rotatable bonds is 8. The molecule has 2 heterocycles. The summed E-state index contributed by atoms with van der Waals surface area (Å²) in [6.45, 7) is 11.6. The summed E-state index contributed by atoms with van der Waals surface area (Å²) in [6.07, 6.45) is -0.278. The van der Waals surface area contributed by atoms with Gasteiger partial charge in [0.15, 0.2) is 5.82 Å². The van der Waals surface area contributed by atoms with Crippen LogP contribution < -0.4 is 0 Å². The van der Waals surface area contributed by atoms with Crippen LogP contribution in [-0.4, -0.2) is 51.9 Å². The number of hydrogen-bond acceptors (Lipinski definition) is 6. The first-order valence-electron chi connectivity index (χ1n) is 16.3. The van der Waals surface area contributed by atoms with Gasteiger partial charge in [0.05, 0.1) is 18.0 Å². The first-order chi connectivity index (χ1) is 23.5. The smallest absolute Gasteiger partial charge is 0.168 e. The van der Waals surface area contributed by atoms with Crippen molar-refractivity contribution in [1.29, 1.82) is 0 Å². The summed E-state index contributed by atoms with van der Waals surface area (Å²) in [6, 6.07) is 33.5. The molecule has 0 bridgehead atoms. The van der Waals surface area contributed by atoms with Crippen LogP contribution in [0.3, 0.4) is 0 Å². The van der Waals surface area contributed by atoms with E-state index in [0.717, 1.165) is 40.0 Å². The van der Waals surface area contributed by atoms with E-state index in [1.54, 1.807) is 32.0 Å². The van der Waals surface area contributed by atoms with Gasteiger partial charge in [0.1, 0.15) is 17.5 Å². The number of aromatic nitrogens is 6. The van der Waals surface area contributed by atoms with Gasteiger partial charge in [-0.3, -0.25) is 8.96 Å². The zero-order chi connectivity index (χ0) is 35.5. The number of aliphatic hydroxyl groups excluding tert-OH is 2. The molecule has 0 aliphatic carbocycles. The average Bonchev–Trinajstić information content (AvgIpc) is 3.73. The summed E-state index contributed by atoms with van der Waals surface area (Å²) in [5.74, 6) is 3.06. The predicted molar refractivity (Wildman–Crippen MR) is 209 cm³/mol. The van der Waals surface area contributed by atoms with Crippen molar-refractivity contribution in [3.05, 3.63) is 132 Å². The Labute approximate surface area is 347 Å². The molecule has 2 atom stereocenters. The molecule has 6 aromatic rings. The first-order valence-corrected chi connectivity index (χ1v) is 16.3. The van der Waals surface area contributed by atoms with Crippen LogP contribution in [0, 0.1) is 17.7 Å². The Balaban J connectivity index is 0. The van der Waals surface area contributed by atoms with Crippen molar-refractivity contribution in [2.24, 2.45) is 0 Å². The molecule has 0 spiro atoms. The fourth-order valence-corrected chi connectivity index (χ4v) is 5.00. The fourth-order valence-electron chi connectivity index (χ4n) is 5.00. The summed E-state index contributed by atoms with van der Waals surface area (Å²) >= 11 is 0. The molecule has 0 aliphatic heterocycles. The van der Waals surface area contributed by atoms with Crippen molar-refractivity contribution in [3.63, 3.8) is 0 Å². The summed E-state index contributed by atoms with van der Waals surface area (Å²) in [5.41, 5.74) is 3.56. The zero-order valence-electron chi connectivity index (χ0n) is 29.3. The monoisotopic (exact) mass is 1100 g/mol. The van der Waals surface area contributed by atoms with E-state index in [2.05, 4.69) is 54.2 Å². The van der Waals surface area contributed by atoms with Crippen molar-refractivity contribution in [1.82, 2.24) is 29.5 Å². The molecule has 12 heteroatoms. The number of aliphatic hydroxyl groups is 2. The van der Waals surface area contributed by atoms with Crippen LogP contribution in [0.2, 0.25) is 0 Å². The van der Waals surface area contributed by atoms with Gasteiger partial charge in [-0.2, -0.15) is 5.10 Å². The molecule has 54 heavy (non-hydrogen) atoms. The minimum Gasteiger partial charge on any atom is -0.393 e. The second-order valence-electron chi connectivity index (χ2n) is 12.3. The topological polar surface area (TPSA) is 102 Å². The van der Waals surface area contributed by atoms with Gasteiger partial charge in [-0.05, 0) is 68.8 Å². The van der Waals surface area contributed by atoms with Crippen LogP contribution in [0.1, 0.15) is 93.7 Å². The largest absolute Gasteiger partial charge is 0.393 e. The van der Waals surface area contributed by atoms with E-state index in [1.807, 2.05) is 69.8 Å². The maximum absolute atomic E-state index is 13.1. The van der Waals surface area contributed by atoms with Gasteiger partial charge in [-0.15, -0.1) is 45.1 Å². The van der Waals surface area contributed by atoms with Crippen LogP contribution in [0.15, 0.2) is 103 Å². The Morgan fingerprint density at radius 2 is 0.963 bits per heavy atom. The molecule has 0 amide bonds. The number of nitrogens with zero attached hydrogens (tertiary/aromatic N) is 6. The van der Waals surface area contributed by atoms with Crippen molar-refractivity contribution >= 4 is 0 Å². The van der Waals surface area contributed by atoms with E-state index < -0.39 is 0 Å². The quantitative estimate of drug-likeness (QED) is 0.147. The number of benzene rings is 4. The van der Waals surface area contributed by atoms with Crippen molar-refractivity contribution in [3.8, 4) is 34.2 Å². The molecule has 8 nitrogen and oxygen atoms in total. The van der Waals surface area contributed by atoms with Gasteiger partial charge < -0.3 is 14.8 Å². The van der Waals surface area contributed by atoms with Crippen LogP contribution in [0.4, 0.5) is 8.78 Å². The second kappa shape index (κ2) is 25.3. The van der Waals surface area contributed by atoms with E-state index in [4.69, 9.17) is 10.2 Å². The standard InChI is InChI=1S/C17H16FN3.C17H15FN3.C5H12O2.3CH4.2Ir/c2*1-12(2)16-19-20-17(13-8-10-14(18)11-9-13)21(16)15-6-4-3-5-7-15;1-4(6)3-5(2)7;;;;;/h3-12H,1-2H3;3-8,10-12H,1-2H3;4-7H,3H2,1-2H3;3*1H4;;/q;-1;;;;;;. The van der Waals surface area contributed by atoms with Gasteiger partial charge in [0.2, 0.25) is 0 Å². The van der Waals surface area contributed by atoms with Crippen LogP contribution in [0.5, 0.6) is 0 Å². The molecule has 4 aromatic carbocycles. The van der Waals surface area contributed by atoms with Gasteiger partial charge in [0.25, 0.3) is 0 Å². The van der Waals surface area contributed by atoms with Crippen LogP contribution in [0.25, 0.3) is 34.2 Å². The Morgan fingerprint density at radius 1 is 0.556 bits per heavy atom. The molecule has 6 rings (SSSR count). The van der Waals surface area contributed by atoms with Crippen LogP contribution >= 0.6 is 0 Å². The molecule has 0 saturated carbocycles. The Morgan fingerprint density at radius 3 is 1.33 bits per heavy atom. The Hall–Kier alpha value is -3.76. The number of hydrogen-bond donors (Lipinski definition) is 2. The average molecular weight is 1100 g/mol. The van der Waals surface area contributed by atoms with Crippen molar-refractivity contribution in [2.45, 2.75) is 94.3 Å². The van der Waals surface area contributed by atoms with E-state index in [1.165, 1.54) is 24.3 Å². The second-order valence-corrected chi connectivity index (χ2v) is 12.3. The molecule has 0 saturated heterocycles. The third kappa shape index (κ3) is 14.5. The molecule has 2 unspecified atom stereocenters. The first kappa shape index (κ1) is 52.3. The molecule has 0 fully saturated rings. The van der Waals surface area contributed by atoms with E-state index in [9.17, 15) is 8.78 Å². The molecule has 2 aromatic heterocycles. The molecule has 2 radical (unpaired) electrons. The van der Waals surface area contributed by atoms with Crippen molar-refractivity contribution in [2.75, 3.05) is 0 Å². The number of halogens is 2. The van der Waals surface area contributed by atoms with E-state index in [0.29, 0.717) is 12.2 Å². The maximum atomic E-state index is 13.1. The maximum Gasteiger partial charge on any atom is 0.168 e. The zero-order valence-corrected chi connectivity index (χ0v) is 34.1. The predicted octanol–water partition coefficient (Wildman–Crippen LogP) is 10.2. The summed E-state index contributed by atoms with van der Waals surface area (Å²) in [4.78, 5) is 0.